The van der Waals surface area contributed by atoms with Gasteiger partial charge < -0.3 is 14.6 Å². The Labute approximate surface area is 110 Å². The van der Waals surface area contributed by atoms with E-state index in [2.05, 4.69) is 5.32 Å². The van der Waals surface area contributed by atoms with Crippen LogP contribution < -0.4 is 10.1 Å². The van der Waals surface area contributed by atoms with Gasteiger partial charge in [-0.1, -0.05) is 0 Å². The molecule has 0 fully saturated rings. The third-order valence-corrected chi connectivity index (χ3v) is 2.77. The number of anilines is 1. The highest BCUT2D eigenvalue weighted by Crippen LogP contribution is 2.29. The fourth-order valence-corrected chi connectivity index (χ4v) is 1.81. The minimum atomic E-state index is -0.423. The van der Waals surface area contributed by atoms with Gasteiger partial charge in [0.05, 0.1) is 17.7 Å². The number of methoxy groups -OCH3 is 1. The molecule has 0 atom stereocenters. The van der Waals surface area contributed by atoms with Gasteiger partial charge in [-0.3, -0.25) is 10.1 Å². The number of non-ortho nitro benzene ring substituents is 1. The number of hydrogen-bond acceptors (Lipinski definition) is 4. The monoisotopic (exact) mass is 261 g/mol. The molecule has 19 heavy (non-hydrogen) atoms. The van der Waals surface area contributed by atoms with Crippen LogP contribution in [-0.4, -0.2) is 16.6 Å². The van der Waals surface area contributed by atoms with Gasteiger partial charge in [0.2, 0.25) is 0 Å². The van der Waals surface area contributed by atoms with Crippen molar-refractivity contribution >= 4 is 11.4 Å². The van der Waals surface area contributed by atoms with Gasteiger partial charge in [-0.25, -0.2) is 0 Å². The summed E-state index contributed by atoms with van der Waals surface area (Å²) in [6, 6.07) is 6.47. The normalized spacial score (nSPS) is 10.2. The first-order valence-corrected chi connectivity index (χ1v) is 5.77. The van der Waals surface area contributed by atoms with Crippen LogP contribution in [0.2, 0.25) is 0 Å². The van der Waals surface area contributed by atoms with Gasteiger partial charge in [-0.15, -0.1) is 0 Å². The molecule has 6 heteroatoms. The van der Waals surface area contributed by atoms with Crippen LogP contribution in [0.4, 0.5) is 11.4 Å². The third-order valence-electron chi connectivity index (χ3n) is 2.77. The molecule has 0 aliphatic heterocycles. The minimum Gasteiger partial charge on any atom is -0.495 e. The number of nitro groups is 1. The maximum atomic E-state index is 10.8. The highest BCUT2D eigenvalue weighted by atomic mass is 16.6. The zero-order valence-electron chi connectivity index (χ0n) is 10.8. The standard InChI is InChI=1S/C13H15N3O3/c1-15-6-5-10(9-15)8-14-12-7-11(16(17)18)3-4-13(12)19-2/h3-7,9,14H,8H2,1-2H3. The van der Waals surface area contributed by atoms with E-state index in [4.69, 9.17) is 4.74 Å². The van der Waals surface area contributed by atoms with Gasteiger partial charge in [0.1, 0.15) is 5.75 Å². The molecule has 1 aromatic carbocycles. The van der Waals surface area contributed by atoms with Crippen LogP contribution in [0.1, 0.15) is 5.56 Å². The molecule has 0 unspecified atom stereocenters. The van der Waals surface area contributed by atoms with Crippen LogP contribution in [-0.2, 0) is 13.6 Å². The number of nitro benzene ring substituents is 1. The molecule has 0 amide bonds. The van der Waals surface area contributed by atoms with Crippen LogP contribution in [0.3, 0.4) is 0 Å². The van der Waals surface area contributed by atoms with E-state index in [-0.39, 0.29) is 5.69 Å². The summed E-state index contributed by atoms with van der Waals surface area (Å²) in [7, 11) is 3.48. The Morgan fingerprint density at radius 3 is 2.79 bits per heavy atom. The zero-order chi connectivity index (χ0) is 13.8. The summed E-state index contributed by atoms with van der Waals surface area (Å²) in [4.78, 5) is 10.3. The number of ether oxygens (including phenoxy) is 1. The molecule has 2 rings (SSSR count). The van der Waals surface area contributed by atoms with Gasteiger partial charge in [0.25, 0.3) is 5.69 Å². The second-order valence-electron chi connectivity index (χ2n) is 4.18. The number of benzene rings is 1. The Morgan fingerprint density at radius 1 is 1.42 bits per heavy atom. The lowest BCUT2D eigenvalue weighted by molar-refractivity contribution is -0.384. The topological polar surface area (TPSA) is 69.3 Å². The molecule has 0 bridgehead atoms. The fraction of sp³-hybridized carbons (Fsp3) is 0.231. The van der Waals surface area contributed by atoms with E-state index in [9.17, 15) is 10.1 Å². The highest BCUT2D eigenvalue weighted by Gasteiger charge is 2.11. The Balaban J connectivity index is 2.17. The second kappa shape index (κ2) is 5.43. The van der Waals surface area contributed by atoms with Crippen LogP contribution in [0.25, 0.3) is 0 Å². The number of aromatic nitrogens is 1. The van der Waals surface area contributed by atoms with Gasteiger partial charge in [-0.2, -0.15) is 0 Å². The molecule has 0 saturated heterocycles. The molecule has 6 nitrogen and oxygen atoms in total. The van der Waals surface area contributed by atoms with Crippen LogP contribution in [0.15, 0.2) is 36.7 Å². The first-order valence-electron chi connectivity index (χ1n) is 5.77. The Kier molecular flexibility index (Phi) is 3.70. The molecule has 100 valence electrons. The summed E-state index contributed by atoms with van der Waals surface area (Å²) in [6.07, 6.45) is 3.93. The van der Waals surface area contributed by atoms with E-state index in [1.807, 2.05) is 30.1 Å². The molecule has 1 N–H and O–H groups in total. The summed E-state index contributed by atoms with van der Waals surface area (Å²) in [5, 5.41) is 13.9. The number of hydrogen-bond donors (Lipinski definition) is 1. The molecule has 0 radical (unpaired) electrons. The van der Waals surface area contributed by atoms with Crippen LogP contribution in [0, 0.1) is 10.1 Å². The maximum Gasteiger partial charge on any atom is 0.271 e. The molecule has 0 aliphatic rings. The van der Waals surface area contributed by atoms with Crippen molar-refractivity contribution in [2.75, 3.05) is 12.4 Å². The molecule has 0 aliphatic carbocycles. The maximum absolute atomic E-state index is 10.8. The van der Waals surface area contributed by atoms with E-state index in [1.165, 1.54) is 19.2 Å². The first-order chi connectivity index (χ1) is 9.10. The van der Waals surface area contributed by atoms with Crippen molar-refractivity contribution in [3.8, 4) is 5.75 Å². The Morgan fingerprint density at radius 2 is 2.21 bits per heavy atom. The SMILES string of the molecule is COc1ccc([N+](=O)[O-])cc1NCc1ccn(C)c1. The van der Waals surface area contributed by atoms with E-state index < -0.39 is 4.92 Å². The van der Waals surface area contributed by atoms with Crippen LogP contribution in [0.5, 0.6) is 5.75 Å². The van der Waals surface area contributed by atoms with Gasteiger partial charge in [-0.05, 0) is 17.7 Å². The van der Waals surface area contributed by atoms with Gasteiger partial charge >= 0.3 is 0 Å². The summed E-state index contributed by atoms with van der Waals surface area (Å²) in [5.74, 6) is 0.585. The van der Waals surface area contributed by atoms with E-state index in [1.54, 1.807) is 6.07 Å². The minimum absolute atomic E-state index is 0.0383. The predicted octanol–water partition coefficient (Wildman–Crippen LogP) is 2.55. The molecule has 2 aromatic rings. The average molecular weight is 261 g/mol. The lowest BCUT2D eigenvalue weighted by Crippen LogP contribution is -2.01. The molecular weight excluding hydrogens is 246 g/mol. The van der Waals surface area contributed by atoms with Gasteiger partial charge in [0.15, 0.2) is 0 Å². The molecular formula is C13H15N3O3. The van der Waals surface area contributed by atoms with Gasteiger partial charge in [0, 0.05) is 38.1 Å². The molecule has 1 heterocycles. The number of aryl methyl sites for hydroxylation is 1. The molecule has 0 saturated carbocycles. The zero-order valence-corrected chi connectivity index (χ0v) is 10.8. The van der Waals surface area contributed by atoms with E-state index in [0.29, 0.717) is 18.0 Å². The first kappa shape index (κ1) is 12.9. The molecule has 0 spiro atoms. The highest BCUT2D eigenvalue weighted by molar-refractivity contribution is 5.61. The Hall–Kier alpha value is -2.50. The van der Waals surface area contributed by atoms with Crippen molar-refractivity contribution in [1.82, 2.24) is 4.57 Å². The quantitative estimate of drug-likeness (QED) is 0.663. The number of nitrogens with zero attached hydrogens (tertiary/aromatic N) is 2. The summed E-state index contributed by atoms with van der Waals surface area (Å²) < 4.78 is 7.13. The van der Waals surface area contributed by atoms with Crippen molar-refractivity contribution in [2.24, 2.45) is 7.05 Å². The second-order valence-corrected chi connectivity index (χ2v) is 4.18. The van der Waals surface area contributed by atoms with Crippen molar-refractivity contribution < 1.29 is 9.66 Å². The third kappa shape index (κ3) is 3.04. The smallest absolute Gasteiger partial charge is 0.271 e. The fourth-order valence-electron chi connectivity index (χ4n) is 1.81. The van der Waals surface area contributed by atoms with Crippen molar-refractivity contribution in [1.29, 1.82) is 0 Å². The average Bonchev–Trinajstić information content (AvgIpc) is 2.81. The van der Waals surface area contributed by atoms with E-state index >= 15 is 0 Å². The van der Waals surface area contributed by atoms with Crippen molar-refractivity contribution in [2.45, 2.75) is 6.54 Å². The van der Waals surface area contributed by atoms with Crippen molar-refractivity contribution in [3.63, 3.8) is 0 Å². The largest absolute Gasteiger partial charge is 0.495 e. The lowest BCUT2D eigenvalue weighted by Gasteiger charge is -2.10. The lowest BCUT2D eigenvalue weighted by atomic mass is 10.2. The summed E-state index contributed by atoms with van der Waals surface area (Å²) in [5.41, 5.74) is 1.74. The summed E-state index contributed by atoms with van der Waals surface area (Å²) in [6.45, 7) is 0.582. The predicted molar refractivity (Wildman–Crippen MR) is 72.4 cm³/mol. The van der Waals surface area contributed by atoms with Crippen LogP contribution >= 0.6 is 0 Å². The summed E-state index contributed by atoms with van der Waals surface area (Å²) >= 11 is 0. The molecule has 1 aromatic heterocycles. The Bertz CT molecular complexity index is 593. The van der Waals surface area contributed by atoms with Crippen molar-refractivity contribution in [3.05, 3.63) is 52.3 Å². The van der Waals surface area contributed by atoms with E-state index in [0.717, 1.165) is 5.56 Å². The number of nitrogens with one attached hydrogen (secondary N) is 1. The number of rotatable bonds is 5.